The van der Waals surface area contributed by atoms with Gasteiger partial charge in [0.2, 0.25) is 0 Å². The van der Waals surface area contributed by atoms with Gasteiger partial charge in [0.1, 0.15) is 17.5 Å². The van der Waals surface area contributed by atoms with Crippen LogP contribution >= 0.6 is 10.7 Å². The molecule has 0 spiro atoms. The molecule has 0 aliphatic rings. The van der Waals surface area contributed by atoms with Gasteiger partial charge in [0.25, 0.3) is 14.2 Å². The fourth-order valence-electron chi connectivity index (χ4n) is 1.57. The van der Waals surface area contributed by atoms with Gasteiger partial charge in [-0.25, -0.2) is 17.2 Å². The predicted octanol–water partition coefficient (Wildman–Crippen LogP) is 1.61. The molecule has 0 bridgehead atoms. The van der Waals surface area contributed by atoms with Crippen molar-refractivity contribution in [2.75, 3.05) is 0 Å². The maximum absolute atomic E-state index is 13.5. The summed E-state index contributed by atoms with van der Waals surface area (Å²) in [5, 5.41) is 6.49. The van der Waals surface area contributed by atoms with E-state index in [0.717, 1.165) is 16.7 Å². The highest BCUT2D eigenvalue weighted by Crippen LogP contribution is 2.18. The Balaban J connectivity index is 2.43. The first-order valence-corrected chi connectivity index (χ1v) is 7.37. The Kier molecular flexibility index (Phi) is 3.55. The number of hydrogen-bond acceptors (Lipinski definition) is 4. The molecule has 0 unspecified atom stereocenters. The van der Waals surface area contributed by atoms with Gasteiger partial charge in [-0.3, -0.25) is 0 Å². The molecule has 0 saturated heterocycles. The summed E-state index contributed by atoms with van der Waals surface area (Å²) in [5.41, 5.74) is -0.212. The lowest BCUT2D eigenvalue weighted by Gasteiger charge is -2.04. The van der Waals surface area contributed by atoms with Crippen LogP contribution in [0.1, 0.15) is 11.4 Å². The smallest absolute Gasteiger partial charge is 0.296 e. The van der Waals surface area contributed by atoms with Crippen LogP contribution in [-0.4, -0.2) is 23.2 Å². The fourth-order valence-corrected chi connectivity index (χ4v) is 2.54. The Morgan fingerprint density at radius 1 is 1.26 bits per heavy atom. The molecule has 0 aliphatic carbocycles. The van der Waals surface area contributed by atoms with Crippen molar-refractivity contribution >= 4 is 19.7 Å². The minimum absolute atomic E-state index is 0.0863. The monoisotopic (exact) mass is 307 g/mol. The van der Waals surface area contributed by atoms with Gasteiger partial charge < -0.3 is 4.57 Å². The van der Waals surface area contributed by atoms with Crippen molar-refractivity contribution in [3.63, 3.8) is 0 Å². The van der Waals surface area contributed by atoms with E-state index in [1.807, 2.05) is 0 Å². The molecule has 0 saturated carbocycles. The Morgan fingerprint density at radius 2 is 1.84 bits per heavy atom. The molecule has 0 fully saturated rings. The van der Waals surface area contributed by atoms with Crippen molar-refractivity contribution < 1.29 is 17.2 Å². The van der Waals surface area contributed by atoms with Gasteiger partial charge in [-0.05, 0) is 12.1 Å². The number of benzene rings is 1. The van der Waals surface area contributed by atoms with E-state index in [4.69, 9.17) is 10.7 Å². The van der Waals surface area contributed by atoms with Crippen molar-refractivity contribution in [1.82, 2.24) is 14.8 Å². The van der Waals surface area contributed by atoms with Crippen LogP contribution in [0.5, 0.6) is 0 Å². The van der Waals surface area contributed by atoms with E-state index < -0.39 is 25.8 Å². The maximum atomic E-state index is 13.5. The molecule has 0 N–H and O–H groups in total. The Morgan fingerprint density at radius 3 is 2.32 bits per heavy atom. The van der Waals surface area contributed by atoms with Gasteiger partial charge in [-0.15, -0.1) is 10.2 Å². The highest BCUT2D eigenvalue weighted by Gasteiger charge is 2.21. The summed E-state index contributed by atoms with van der Waals surface area (Å²) in [5.74, 6) is -1.39. The molecule has 2 rings (SSSR count). The lowest BCUT2D eigenvalue weighted by Crippen LogP contribution is -2.07. The standard InChI is InChI=1S/C10H8ClF2N3O2S/c1-16-9(14-15-10(16)19(11,17)18)5-6-7(12)3-2-4-8(6)13/h2-4H,5H2,1H3. The number of rotatable bonds is 3. The van der Waals surface area contributed by atoms with Crippen LogP contribution in [0.4, 0.5) is 8.78 Å². The first-order valence-electron chi connectivity index (χ1n) is 5.06. The lowest BCUT2D eigenvalue weighted by atomic mass is 10.1. The zero-order chi connectivity index (χ0) is 14.2. The molecular formula is C10H8ClF2N3O2S. The van der Waals surface area contributed by atoms with Gasteiger partial charge in [0.15, 0.2) is 0 Å². The SMILES string of the molecule is Cn1c(Cc2c(F)cccc2F)nnc1S(=O)(=O)Cl. The Hall–Kier alpha value is -1.54. The summed E-state index contributed by atoms with van der Waals surface area (Å²) >= 11 is 0. The Labute approximate surface area is 112 Å². The van der Waals surface area contributed by atoms with E-state index in [9.17, 15) is 17.2 Å². The quantitative estimate of drug-likeness (QED) is 0.808. The molecule has 19 heavy (non-hydrogen) atoms. The van der Waals surface area contributed by atoms with Crippen molar-refractivity contribution in [2.24, 2.45) is 7.05 Å². The third kappa shape index (κ3) is 2.74. The molecule has 0 aliphatic heterocycles. The molecule has 2 aromatic rings. The largest absolute Gasteiger partial charge is 0.304 e. The van der Waals surface area contributed by atoms with Gasteiger partial charge in [-0.1, -0.05) is 6.07 Å². The second kappa shape index (κ2) is 4.86. The topological polar surface area (TPSA) is 64.8 Å². The molecule has 1 heterocycles. The van der Waals surface area contributed by atoms with Gasteiger partial charge in [-0.2, -0.15) is 0 Å². The summed E-state index contributed by atoms with van der Waals surface area (Å²) in [6.07, 6.45) is -0.228. The predicted molar refractivity (Wildman–Crippen MR) is 63.2 cm³/mol. The second-order valence-electron chi connectivity index (χ2n) is 3.77. The zero-order valence-corrected chi connectivity index (χ0v) is 11.2. The van der Waals surface area contributed by atoms with Crippen LogP contribution in [0, 0.1) is 11.6 Å². The van der Waals surface area contributed by atoms with E-state index in [1.165, 1.54) is 13.1 Å². The molecule has 1 aromatic carbocycles. The van der Waals surface area contributed by atoms with E-state index in [-0.39, 0.29) is 17.8 Å². The average molecular weight is 308 g/mol. The van der Waals surface area contributed by atoms with Crippen molar-refractivity contribution in [1.29, 1.82) is 0 Å². The highest BCUT2D eigenvalue weighted by atomic mass is 35.7. The maximum Gasteiger partial charge on any atom is 0.296 e. The normalized spacial score (nSPS) is 11.8. The minimum atomic E-state index is -4.05. The van der Waals surface area contributed by atoms with Crippen LogP contribution in [0.25, 0.3) is 0 Å². The van der Waals surface area contributed by atoms with Gasteiger partial charge >= 0.3 is 0 Å². The number of nitrogens with zero attached hydrogens (tertiary/aromatic N) is 3. The zero-order valence-electron chi connectivity index (χ0n) is 9.64. The number of hydrogen-bond donors (Lipinski definition) is 0. The van der Waals surface area contributed by atoms with E-state index in [1.54, 1.807) is 0 Å². The Bertz CT molecular complexity index is 710. The summed E-state index contributed by atoms with van der Waals surface area (Å²) in [6, 6.07) is 3.45. The first kappa shape index (κ1) is 13.9. The van der Waals surface area contributed by atoms with Gasteiger partial charge in [0, 0.05) is 29.7 Å². The summed E-state index contributed by atoms with van der Waals surface area (Å²) in [6.45, 7) is 0. The van der Waals surface area contributed by atoms with E-state index in [2.05, 4.69) is 10.2 Å². The third-order valence-corrected chi connectivity index (χ3v) is 3.75. The third-order valence-electron chi connectivity index (χ3n) is 2.54. The molecule has 1 aromatic heterocycles. The molecule has 0 radical (unpaired) electrons. The van der Waals surface area contributed by atoms with Crippen LogP contribution < -0.4 is 0 Å². The summed E-state index contributed by atoms with van der Waals surface area (Å²) in [7, 11) is 2.44. The van der Waals surface area contributed by atoms with Crippen LogP contribution in [0.15, 0.2) is 23.4 Å². The van der Waals surface area contributed by atoms with Crippen LogP contribution in [-0.2, 0) is 22.5 Å². The summed E-state index contributed by atoms with van der Waals surface area (Å²) in [4.78, 5) is 0. The van der Waals surface area contributed by atoms with Crippen molar-refractivity contribution in [3.8, 4) is 0 Å². The molecule has 9 heteroatoms. The van der Waals surface area contributed by atoms with Crippen molar-refractivity contribution in [3.05, 3.63) is 41.2 Å². The highest BCUT2D eigenvalue weighted by molar-refractivity contribution is 8.13. The summed E-state index contributed by atoms with van der Waals surface area (Å²) < 4.78 is 50.3. The lowest BCUT2D eigenvalue weighted by molar-refractivity contribution is 0.556. The average Bonchev–Trinajstić information content (AvgIpc) is 2.65. The number of aromatic nitrogens is 3. The first-order chi connectivity index (χ1) is 8.80. The molecule has 102 valence electrons. The molecule has 5 nitrogen and oxygen atoms in total. The fraction of sp³-hybridized carbons (Fsp3) is 0.200. The number of halogens is 3. The van der Waals surface area contributed by atoms with E-state index in [0.29, 0.717) is 0 Å². The molecule has 0 amide bonds. The minimum Gasteiger partial charge on any atom is -0.304 e. The second-order valence-corrected chi connectivity index (χ2v) is 6.23. The van der Waals surface area contributed by atoms with Crippen LogP contribution in [0.3, 0.4) is 0 Å². The van der Waals surface area contributed by atoms with E-state index >= 15 is 0 Å². The van der Waals surface area contributed by atoms with Crippen molar-refractivity contribution in [2.45, 2.75) is 11.6 Å². The van der Waals surface area contributed by atoms with Gasteiger partial charge in [0.05, 0.1) is 0 Å². The van der Waals surface area contributed by atoms with Crippen LogP contribution in [0.2, 0.25) is 0 Å². The molecular weight excluding hydrogens is 300 g/mol. The molecule has 0 atom stereocenters.